The summed E-state index contributed by atoms with van der Waals surface area (Å²) in [6.45, 7) is 4.32. The number of aliphatic hydroxyl groups is 2. The first-order chi connectivity index (χ1) is 33.2. The van der Waals surface area contributed by atoms with Crippen molar-refractivity contribution in [3.63, 3.8) is 0 Å². The Bertz CT molecular complexity index is 1060. The molecular weight excluding hydrogens is 819 g/mol. The smallest absolute Gasteiger partial charge is 0.220 e. The number of rotatable bonds is 56. The Balaban J connectivity index is 3.47. The Morgan fingerprint density at radius 1 is 0.358 bits per heavy atom. The summed E-state index contributed by atoms with van der Waals surface area (Å²) in [6, 6.07) is -0.639. The van der Waals surface area contributed by atoms with Crippen molar-refractivity contribution in [3.05, 3.63) is 48.6 Å². The summed E-state index contributed by atoms with van der Waals surface area (Å²) in [4.78, 5) is 12.5. The van der Waals surface area contributed by atoms with Gasteiger partial charge in [0.15, 0.2) is 0 Å². The molecule has 3 N–H and O–H groups in total. The summed E-state index contributed by atoms with van der Waals surface area (Å²) in [5, 5.41) is 23.2. The van der Waals surface area contributed by atoms with E-state index in [1.807, 2.05) is 6.08 Å². The van der Waals surface area contributed by atoms with E-state index in [1.54, 1.807) is 6.08 Å². The molecule has 0 fully saturated rings. The van der Waals surface area contributed by atoms with Gasteiger partial charge in [0.2, 0.25) is 5.91 Å². The fourth-order valence-electron chi connectivity index (χ4n) is 9.41. The summed E-state index contributed by atoms with van der Waals surface area (Å²) >= 11 is 0. The molecule has 0 aromatic carbocycles. The van der Waals surface area contributed by atoms with Gasteiger partial charge in [-0.25, -0.2) is 0 Å². The summed E-state index contributed by atoms with van der Waals surface area (Å²) in [6.07, 6.45) is 81.6. The topological polar surface area (TPSA) is 69.6 Å². The lowest BCUT2D eigenvalue weighted by Gasteiger charge is -2.19. The zero-order chi connectivity index (χ0) is 48.5. The molecule has 67 heavy (non-hydrogen) atoms. The van der Waals surface area contributed by atoms with Crippen molar-refractivity contribution in [2.75, 3.05) is 6.61 Å². The maximum atomic E-state index is 12.5. The van der Waals surface area contributed by atoms with Gasteiger partial charge in [-0.15, -0.1) is 0 Å². The van der Waals surface area contributed by atoms with Crippen molar-refractivity contribution in [1.82, 2.24) is 5.32 Å². The van der Waals surface area contributed by atoms with Gasteiger partial charge in [-0.05, 0) is 64.2 Å². The number of unbranched alkanes of at least 4 members (excludes halogenated alkanes) is 43. The molecule has 0 spiro atoms. The first-order valence-corrected chi connectivity index (χ1v) is 30.4. The van der Waals surface area contributed by atoms with Gasteiger partial charge in [-0.2, -0.15) is 0 Å². The van der Waals surface area contributed by atoms with Crippen LogP contribution in [0.25, 0.3) is 0 Å². The van der Waals surface area contributed by atoms with Gasteiger partial charge in [0.05, 0.1) is 18.8 Å². The maximum absolute atomic E-state index is 12.5. The lowest BCUT2D eigenvalue weighted by atomic mass is 10.0. The van der Waals surface area contributed by atoms with Gasteiger partial charge in [-0.3, -0.25) is 4.79 Å². The van der Waals surface area contributed by atoms with Crippen molar-refractivity contribution in [2.24, 2.45) is 0 Å². The van der Waals surface area contributed by atoms with Crippen LogP contribution in [-0.4, -0.2) is 34.9 Å². The molecule has 1 amide bonds. The Morgan fingerprint density at radius 2 is 0.627 bits per heavy atom. The number of hydrogen-bond acceptors (Lipinski definition) is 3. The Kier molecular flexibility index (Phi) is 57.2. The van der Waals surface area contributed by atoms with Crippen LogP contribution in [-0.2, 0) is 4.79 Å². The molecular formula is C63H119NO3. The minimum absolute atomic E-state index is 0.0683. The van der Waals surface area contributed by atoms with Crippen LogP contribution in [0.4, 0.5) is 0 Å². The van der Waals surface area contributed by atoms with E-state index in [0.29, 0.717) is 6.42 Å². The fraction of sp³-hybridized carbons (Fsp3) is 0.857. The highest BCUT2D eigenvalue weighted by atomic mass is 16.3. The SMILES string of the molecule is CCCCCCC/C=C\C/C=C\CCCCCCCCCCCCCCCCCCCCCCCC(=O)NC(CO)C(O)/C=C/CC/C=C/CCCCCCCCCCCCCCCCCC. The Labute approximate surface area is 420 Å². The van der Waals surface area contributed by atoms with Crippen LogP contribution in [0.5, 0.6) is 0 Å². The second-order valence-electron chi connectivity index (χ2n) is 20.8. The molecule has 0 aromatic heterocycles. The largest absolute Gasteiger partial charge is 0.394 e. The zero-order valence-electron chi connectivity index (χ0n) is 45.4. The molecule has 0 aliphatic carbocycles. The van der Waals surface area contributed by atoms with Gasteiger partial charge in [-0.1, -0.05) is 306 Å². The first kappa shape index (κ1) is 65.3. The molecule has 394 valence electrons. The van der Waals surface area contributed by atoms with Crippen LogP contribution in [0.3, 0.4) is 0 Å². The lowest BCUT2D eigenvalue weighted by molar-refractivity contribution is -0.123. The van der Waals surface area contributed by atoms with Gasteiger partial charge >= 0.3 is 0 Å². The monoisotopic (exact) mass is 938 g/mol. The van der Waals surface area contributed by atoms with Crippen LogP contribution >= 0.6 is 0 Å². The highest BCUT2D eigenvalue weighted by molar-refractivity contribution is 5.76. The molecule has 2 atom stereocenters. The summed E-state index contributed by atoms with van der Waals surface area (Å²) < 4.78 is 0. The number of amides is 1. The van der Waals surface area contributed by atoms with Gasteiger partial charge in [0, 0.05) is 6.42 Å². The van der Waals surface area contributed by atoms with E-state index < -0.39 is 12.1 Å². The Hall–Kier alpha value is -1.65. The van der Waals surface area contributed by atoms with Crippen LogP contribution in [0.2, 0.25) is 0 Å². The summed E-state index contributed by atoms with van der Waals surface area (Å²) in [7, 11) is 0. The number of nitrogens with one attached hydrogen (secondary N) is 1. The van der Waals surface area contributed by atoms with Crippen LogP contribution in [0.15, 0.2) is 48.6 Å². The second-order valence-corrected chi connectivity index (χ2v) is 20.8. The molecule has 4 nitrogen and oxygen atoms in total. The molecule has 0 bridgehead atoms. The minimum atomic E-state index is -0.862. The van der Waals surface area contributed by atoms with Crippen molar-refractivity contribution in [3.8, 4) is 0 Å². The average molecular weight is 939 g/mol. The van der Waals surface area contributed by atoms with E-state index in [4.69, 9.17) is 0 Å². The van der Waals surface area contributed by atoms with Crippen LogP contribution in [0.1, 0.15) is 328 Å². The number of carbonyl (C=O) groups excluding carboxylic acids is 1. The van der Waals surface area contributed by atoms with Crippen LogP contribution in [0, 0.1) is 0 Å². The summed E-state index contributed by atoms with van der Waals surface area (Å²) in [5.41, 5.74) is 0. The third kappa shape index (κ3) is 55.2. The molecule has 0 aliphatic heterocycles. The van der Waals surface area contributed by atoms with E-state index in [-0.39, 0.29) is 12.5 Å². The molecule has 2 unspecified atom stereocenters. The number of allylic oxidation sites excluding steroid dienone is 7. The van der Waals surface area contributed by atoms with E-state index in [1.165, 1.54) is 270 Å². The van der Waals surface area contributed by atoms with Crippen molar-refractivity contribution < 1.29 is 15.0 Å². The molecule has 0 rings (SSSR count). The highest BCUT2D eigenvalue weighted by Gasteiger charge is 2.18. The lowest BCUT2D eigenvalue weighted by Crippen LogP contribution is -2.45. The number of hydrogen-bond donors (Lipinski definition) is 3. The van der Waals surface area contributed by atoms with Gasteiger partial charge < -0.3 is 15.5 Å². The third-order valence-corrected chi connectivity index (χ3v) is 14.0. The number of aliphatic hydroxyl groups excluding tert-OH is 2. The standard InChI is InChI=1S/C63H119NO3/c1-3-5-7-9-11-13-15-17-19-21-23-25-27-28-29-30-31-32-33-34-35-36-37-39-41-43-45-47-49-51-53-55-57-59-63(67)64-61(60-65)62(66)58-56-54-52-50-48-46-44-42-40-38-26-24-22-20-18-16-14-12-10-8-6-4-2/h15,17,21,23,48,50,56,58,61-62,65-66H,3-14,16,18-20,22,24-47,49,51-55,57,59-60H2,1-2H3,(H,64,67)/b17-15-,23-21-,50-48+,58-56+. The van der Waals surface area contributed by atoms with Crippen molar-refractivity contribution in [2.45, 2.75) is 341 Å². The van der Waals surface area contributed by atoms with Crippen molar-refractivity contribution in [1.29, 1.82) is 0 Å². The fourth-order valence-corrected chi connectivity index (χ4v) is 9.41. The molecule has 0 saturated carbocycles. The maximum Gasteiger partial charge on any atom is 0.220 e. The second kappa shape index (κ2) is 58.7. The molecule has 0 aromatic rings. The molecule has 0 saturated heterocycles. The summed E-state index contributed by atoms with van der Waals surface area (Å²) in [5.74, 6) is -0.0683. The molecule has 4 heteroatoms. The van der Waals surface area contributed by atoms with Gasteiger partial charge in [0.25, 0.3) is 0 Å². The van der Waals surface area contributed by atoms with E-state index in [0.717, 1.165) is 38.5 Å². The zero-order valence-corrected chi connectivity index (χ0v) is 45.4. The quantitative estimate of drug-likeness (QED) is 0.0420. The molecule has 0 radical (unpaired) electrons. The van der Waals surface area contributed by atoms with Crippen molar-refractivity contribution >= 4 is 5.91 Å². The van der Waals surface area contributed by atoms with Gasteiger partial charge in [0.1, 0.15) is 0 Å². The third-order valence-electron chi connectivity index (χ3n) is 14.0. The molecule has 0 heterocycles. The van der Waals surface area contributed by atoms with E-state index in [9.17, 15) is 15.0 Å². The minimum Gasteiger partial charge on any atom is -0.394 e. The first-order valence-electron chi connectivity index (χ1n) is 30.4. The predicted molar refractivity (Wildman–Crippen MR) is 299 cm³/mol. The highest BCUT2D eigenvalue weighted by Crippen LogP contribution is 2.17. The number of carbonyl (C=O) groups is 1. The Morgan fingerprint density at radius 3 is 0.955 bits per heavy atom. The van der Waals surface area contributed by atoms with E-state index >= 15 is 0 Å². The average Bonchev–Trinajstić information content (AvgIpc) is 3.33. The molecule has 0 aliphatic rings. The normalized spacial score (nSPS) is 13.1. The predicted octanol–water partition coefficient (Wildman–Crippen LogP) is 20.2. The van der Waals surface area contributed by atoms with E-state index in [2.05, 4.69) is 55.6 Å². The van der Waals surface area contributed by atoms with Crippen LogP contribution < -0.4 is 5.32 Å².